The minimum absolute atomic E-state index is 0.0431. The number of rotatable bonds is 1. The van der Waals surface area contributed by atoms with Crippen LogP contribution in [0.15, 0.2) is 0 Å². The highest BCUT2D eigenvalue weighted by molar-refractivity contribution is 5.75. The molecular weight excluding hydrogens is 216 g/mol. The quantitative estimate of drug-likeness (QED) is 0.731. The third-order valence-electron chi connectivity index (χ3n) is 4.46. The molecule has 4 nitrogen and oxygen atoms in total. The van der Waals surface area contributed by atoms with E-state index in [1.165, 1.54) is 6.42 Å². The van der Waals surface area contributed by atoms with Crippen LogP contribution >= 0.6 is 0 Å². The summed E-state index contributed by atoms with van der Waals surface area (Å²) >= 11 is 0. The van der Waals surface area contributed by atoms with Crippen molar-refractivity contribution in [3.8, 4) is 0 Å². The zero-order valence-corrected chi connectivity index (χ0v) is 11.1. The van der Waals surface area contributed by atoms with Gasteiger partial charge in [0.1, 0.15) is 0 Å². The monoisotopic (exact) mass is 240 g/mol. The lowest BCUT2D eigenvalue weighted by Crippen LogP contribution is -2.63. The molecule has 0 aromatic rings. The van der Waals surface area contributed by atoms with Gasteiger partial charge in [-0.2, -0.15) is 0 Å². The Balaban J connectivity index is 1.85. The van der Waals surface area contributed by atoms with E-state index in [9.17, 15) is 9.90 Å². The lowest BCUT2D eigenvalue weighted by Gasteiger charge is -2.50. The van der Waals surface area contributed by atoms with Crippen LogP contribution in [0.25, 0.3) is 0 Å². The van der Waals surface area contributed by atoms with Crippen LogP contribution in [0, 0.1) is 11.3 Å². The van der Waals surface area contributed by atoms with Gasteiger partial charge in [0.25, 0.3) is 0 Å². The molecule has 0 bridgehead atoms. The molecule has 1 heterocycles. The maximum absolute atomic E-state index is 12.1. The fraction of sp³-hybridized carbons (Fsp3) is 0.923. The summed E-state index contributed by atoms with van der Waals surface area (Å²) in [6.45, 7) is 7.93. The Morgan fingerprint density at radius 2 is 2.18 bits per heavy atom. The van der Waals surface area contributed by atoms with Crippen molar-refractivity contribution in [3.63, 3.8) is 0 Å². The molecule has 98 valence electrons. The van der Waals surface area contributed by atoms with Gasteiger partial charge in [-0.3, -0.25) is 0 Å². The molecule has 3 atom stereocenters. The fourth-order valence-electron chi connectivity index (χ4n) is 2.76. The average molecular weight is 240 g/mol. The van der Waals surface area contributed by atoms with Gasteiger partial charge in [0.15, 0.2) is 0 Å². The third-order valence-corrected chi connectivity index (χ3v) is 4.46. The Morgan fingerprint density at radius 3 is 2.71 bits per heavy atom. The zero-order chi connectivity index (χ0) is 12.6. The number of carbonyl (C=O) groups is 1. The van der Waals surface area contributed by atoms with Crippen LogP contribution < -0.4 is 5.32 Å². The molecule has 17 heavy (non-hydrogen) atoms. The van der Waals surface area contributed by atoms with Crippen molar-refractivity contribution < 1.29 is 9.90 Å². The first kappa shape index (κ1) is 12.7. The van der Waals surface area contributed by atoms with Crippen molar-refractivity contribution in [3.05, 3.63) is 0 Å². The zero-order valence-electron chi connectivity index (χ0n) is 11.1. The van der Waals surface area contributed by atoms with Gasteiger partial charge in [0.05, 0.1) is 6.10 Å². The second-order valence-electron chi connectivity index (χ2n) is 6.27. The normalized spacial score (nSPS) is 36.2. The topological polar surface area (TPSA) is 52.6 Å². The smallest absolute Gasteiger partial charge is 0.317 e. The highest BCUT2D eigenvalue weighted by Gasteiger charge is 2.48. The number of hydrogen-bond acceptors (Lipinski definition) is 2. The maximum Gasteiger partial charge on any atom is 0.317 e. The second-order valence-corrected chi connectivity index (χ2v) is 6.27. The van der Waals surface area contributed by atoms with Crippen LogP contribution in [0.1, 0.15) is 40.0 Å². The highest BCUT2D eigenvalue weighted by Crippen LogP contribution is 2.40. The van der Waals surface area contributed by atoms with Crippen molar-refractivity contribution in [2.24, 2.45) is 11.3 Å². The van der Waals surface area contributed by atoms with Crippen LogP contribution in [0.5, 0.6) is 0 Å². The number of nitrogens with zero attached hydrogens (tertiary/aromatic N) is 1. The molecule has 2 N–H and O–H groups in total. The predicted octanol–water partition coefficient (Wildman–Crippen LogP) is 1.59. The lowest BCUT2D eigenvalue weighted by atomic mass is 9.64. The highest BCUT2D eigenvalue weighted by atomic mass is 16.3. The van der Waals surface area contributed by atoms with E-state index in [0.717, 1.165) is 19.5 Å². The molecule has 1 aliphatic heterocycles. The number of urea groups is 1. The molecule has 1 saturated carbocycles. The number of hydrogen-bond donors (Lipinski definition) is 2. The van der Waals surface area contributed by atoms with Crippen molar-refractivity contribution in [1.29, 1.82) is 0 Å². The van der Waals surface area contributed by atoms with E-state index in [0.29, 0.717) is 12.3 Å². The lowest BCUT2D eigenvalue weighted by molar-refractivity contribution is -0.0692. The summed E-state index contributed by atoms with van der Waals surface area (Å²) in [4.78, 5) is 14.0. The third kappa shape index (κ3) is 2.41. The Hall–Kier alpha value is -0.770. The van der Waals surface area contributed by atoms with E-state index < -0.39 is 0 Å². The van der Waals surface area contributed by atoms with Crippen LogP contribution in [0.4, 0.5) is 4.79 Å². The Bertz CT molecular complexity index is 304. The van der Waals surface area contributed by atoms with E-state index in [-0.39, 0.29) is 23.6 Å². The molecule has 2 rings (SSSR count). The number of piperidine rings is 1. The van der Waals surface area contributed by atoms with Gasteiger partial charge in [0.2, 0.25) is 0 Å². The van der Waals surface area contributed by atoms with E-state index in [2.05, 4.69) is 12.2 Å². The van der Waals surface area contributed by atoms with Crippen molar-refractivity contribution >= 4 is 6.03 Å². The minimum Gasteiger partial charge on any atom is -0.392 e. The maximum atomic E-state index is 12.1. The van der Waals surface area contributed by atoms with Gasteiger partial charge in [-0.1, -0.05) is 20.8 Å². The summed E-state index contributed by atoms with van der Waals surface area (Å²) < 4.78 is 0. The van der Waals surface area contributed by atoms with Crippen LogP contribution in [-0.2, 0) is 0 Å². The summed E-state index contributed by atoms with van der Waals surface area (Å²) in [5, 5.41) is 12.7. The van der Waals surface area contributed by atoms with Crippen molar-refractivity contribution in [1.82, 2.24) is 10.2 Å². The first-order valence-corrected chi connectivity index (χ1v) is 6.64. The summed E-state index contributed by atoms with van der Waals surface area (Å²) in [7, 11) is 0. The summed E-state index contributed by atoms with van der Waals surface area (Å²) in [5.74, 6) is 0.606. The molecule has 2 amide bonds. The van der Waals surface area contributed by atoms with Gasteiger partial charge in [-0.05, 0) is 25.2 Å². The molecule has 0 aromatic heterocycles. The van der Waals surface area contributed by atoms with Crippen LogP contribution in [0.3, 0.4) is 0 Å². The van der Waals surface area contributed by atoms with Gasteiger partial charge < -0.3 is 15.3 Å². The van der Waals surface area contributed by atoms with Gasteiger partial charge in [-0.25, -0.2) is 4.79 Å². The molecule has 3 unspecified atom stereocenters. The molecule has 4 heteroatoms. The molecular formula is C13H24N2O2. The largest absolute Gasteiger partial charge is 0.392 e. The first-order valence-electron chi connectivity index (χ1n) is 6.64. The van der Waals surface area contributed by atoms with Crippen molar-refractivity contribution in [2.45, 2.75) is 52.2 Å². The number of carbonyl (C=O) groups excluding carboxylic acids is 1. The summed E-state index contributed by atoms with van der Waals surface area (Å²) in [5.41, 5.74) is -0.183. The fourth-order valence-corrected chi connectivity index (χ4v) is 2.76. The Kier molecular flexibility index (Phi) is 3.34. The minimum atomic E-state index is -0.284. The van der Waals surface area contributed by atoms with Gasteiger partial charge >= 0.3 is 6.03 Å². The average Bonchev–Trinajstić information content (AvgIpc) is 2.28. The molecule has 0 radical (unpaired) electrons. The van der Waals surface area contributed by atoms with Gasteiger partial charge in [-0.15, -0.1) is 0 Å². The van der Waals surface area contributed by atoms with E-state index in [4.69, 9.17) is 0 Å². The number of aliphatic hydroxyl groups excluding tert-OH is 1. The molecule has 1 saturated heterocycles. The van der Waals surface area contributed by atoms with Crippen LogP contribution in [0.2, 0.25) is 0 Å². The standard InChI is InChI=1S/C13H24N2O2/c1-9-5-4-6-15(8-9)12(17)14-10-7-11(16)13(10,2)3/h9-11,16H,4-8H2,1-3H3,(H,14,17). The van der Waals surface area contributed by atoms with Gasteiger partial charge in [0, 0.05) is 24.5 Å². The molecule has 0 spiro atoms. The molecule has 2 fully saturated rings. The molecule has 0 aromatic carbocycles. The number of likely N-dealkylation sites (tertiary alicyclic amines) is 1. The van der Waals surface area contributed by atoms with E-state index in [1.807, 2.05) is 18.7 Å². The Morgan fingerprint density at radius 1 is 1.47 bits per heavy atom. The second kappa shape index (κ2) is 4.48. The number of amides is 2. The summed E-state index contributed by atoms with van der Waals surface area (Å²) in [6.07, 6.45) is 2.72. The Labute approximate surface area is 103 Å². The van der Waals surface area contributed by atoms with Crippen LogP contribution in [-0.4, -0.2) is 41.3 Å². The van der Waals surface area contributed by atoms with Crippen molar-refractivity contribution in [2.75, 3.05) is 13.1 Å². The van der Waals surface area contributed by atoms with E-state index in [1.54, 1.807) is 0 Å². The molecule has 2 aliphatic rings. The predicted molar refractivity (Wildman–Crippen MR) is 66.7 cm³/mol. The number of aliphatic hydroxyl groups is 1. The SMILES string of the molecule is CC1CCCN(C(=O)NC2CC(O)C2(C)C)C1. The molecule has 1 aliphatic carbocycles. The van der Waals surface area contributed by atoms with E-state index >= 15 is 0 Å². The number of nitrogens with one attached hydrogen (secondary N) is 1. The first-order chi connectivity index (χ1) is 7.91. The summed E-state index contributed by atoms with van der Waals surface area (Å²) in [6, 6.07) is 0.156.